The van der Waals surface area contributed by atoms with Crippen LogP contribution in [-0.2, 0) is 9.47 Å². The molecular weight excluding hydrogens is 337 g/mol. The molecule has 2 aliphatic heterocycles. The van der Waals surface area contributed by atoms with Crippen molar-refractivity contribution in [3.63, 3.8) is 0 Å². The molecule has 1 aromatic rings. The summed E-state index contributed by atoms with van der Waals surface area (Å²) in [7, 11) is 0. The van der Waals surface area contributed by atoms with E-state index in [9.17, 15) is 14.3 Å². The number of amides is 1. The van der Waals surface area contributed by atoms with Crippen LogP contribution in [0.1, 0.15) is 58.1 Å². The Labute approximate surface area is 154 Å². The maximum absolute atomic E-state index is 13.6. The second kappa shape index (κ2) is 7.16. The van der Waals surface area contributed by atoms with Gasteiger partial charge in [0, 0.05) is 25.9 Å². The molecule has 2 saturated heterocycles. The minimum absolute atomic E-state index is 0.306. The monoisotopic (exact) mass is 365 g/mol. The summed E-state index contributed by atoms with van der Waals surface area (Å²) in [6.45, 7) is 6.59. The fraction of sp³-hybridized carbons (Fsp3) is 0.650. The topological polar surface area (TPSA) is 59.0 Å². The third-order valence-corrected chi connectivity index (χ3v) is 5.03. The molecule has 1 aromatic carbocycles. The van der Waals surface area contributed by atoms with Crippen molar-refractivity contribution in [1.82, 2.24) is 4.90 Å². The van der Waals surface area contributed by atoms with E-state index in [2.05, 4.69) is 0 Å². The fourth-order valence-electron chi connectivity index (χ4n) is 3.81. The quantitative estimate of drug-likeness (QED) is 0.822. The van der Waals surface area contributed by atoms with E-state index >= 15 is 0 Å². The molecule has 1 amide bonds. The lowest BCUT2D eigenvalue weighted by Crippen LogP contribution is -2.52. The zero-order valence-corrected chi connectivity index (χ0v) is 15.7. The zero-order chi connectivity index (χ0) is 18.9. The Balaban J connectivity index is 1.66. The smallest absolute Gasteiger partial charge is 0.410 e. The number of aliphatic hydroxyl groups is 1. The SMILES string of the molecule is CC(C)(C)OC(=O)N1CCC2(CC1)C[C@H](O)C[C@H](c1cccc(F)c1)O2. The van der Waals surface area contributed by atoms with Gasteiger partial charge in [-0.1, -0.05) is 12.1 Å². The van der Waals surface area contributed by atoms with E-state index in [-0.39, 0.29) is 18.0 Å². The fourth-order valence-corrected chi connectivity index (χ4v) is 3.81. The molecular formula is C20H28FNO4. The summed E-state index contributed by atoms with van der Waals surface area (Å²) in [5.41, 5.74) is -0.253. The Hall–Kier alpha value is -1.66. The maximum Gasteiger partial charge on any atom is 0.410 e. The Morgan fingerprint density at radius 1 is 1.35 bits per heavy atom. The van der Waals surface area contributed by atoms with Crippen LogP contribution in [0.25, 0.3) is 0 Å². The van der Waals surface area contributed by atoms with E-state index in [0.29, 0.717) is 38.8 Å². The molecule has 0 unspecified atom stereocenters. The van der Waals surface area contributed by atoms with Gasteiger partial charge in [-0.3, -0.25) is 0 Å². The summed E-state index contributed by atoms with van der Waals surface area (Å²) < 4.78 is 25.3. The highest BCUT2D eigenvalue weighted by Gasteiger charge is 2.44. The van der Waals surface area contributed by atoms with Gasteiger partial charge >= 0.3 is 6.09 Å². The van der Waals surface area contributed by atoms with Crippen molar-refractivity contribution >= 4 is 6.09 Å². The van der Waals surface area contributed by atoms with Crippen molar-refractivity contribution in [2.75, 3.05) is 13.1 Å². The van der Waals surface area contributed by atoms with Gasteiger partial charge in [-0.2, -0.15) is 0 Å². The number of rotatable bonds is 1. The van der Waals surface area contributed by atoms with Crippen molar-refractivity contribution < 1.29 is 23.8 Å². The number of halogens is 1. The van der Waals surface area contributed by atoms with Gasteiger partial charge in [0.05, 0.1) is 17.8 Å². The number of carbonyl (C=O) groups is 1. The lowest BCUT2D eigenvalue weighted by Gasteiger charge is -2.48. The number of hydrogen-bond donors (Lipinski definition) is 1. The normalized spacial score (nSPS) is 26.0. The van der Waals surface area contributed by atoms with Crippen LogP contribution in [0.3, 0.4) is 0 Å². The molecule has 2 fully saturated rings. The van der Waals surface area contributed by atoms with Crippen molar-refractivity contribution in [1.29, 1.82) is 0 Å². The lowest BCUT2D eigenvalue weighted by atomic mass is 9.81. The summed E-state index contributed by atoms with van der Waals surface area (Å²) >= 11 is 0. The largest absolute Gasteiger partial charge is 0.444 e. The van der Waals surface area contributed by atoms with E-state index in [4.69, 9.17) is 9.47 Å². The van der Waals surface area contributed by atoms with E-state index < -0.39 is 17.3 Å². The number of aliphatic hydroxyl groups excluding tert-OH is 1. The molecule has 0 bridgehead atoms. The number of carbonyl (C=O) groups excluding carboxylic acids is 1. The minimum Gasteiger partial charge on any atom is -0.444 e. The molecule has 26 heavy (non-hydrogen) atoms. The summed E-state index contributed by atoms with van der Waals surface area (Å²) in [6.07, 6.45) is 1.13. The molecule has 144 valence electrons. The first-order valence-electron chi connectivity index (χ1n) is 9.25. The molecule has 0 saturated carbocycles. The van der Waals surface area contributed by atoms with Gasteiger partial charge in [-0.15, -0.1) is 0 Å². The first kappa shape index (κ1) is 19.1. The molecule has 0 radical (unpaired) electrons. The van der Waals surface area contributed by atoms with Crippen molar-refractivity contribution in [2.24, 2.45) is 0 Å². The molecule has 1 spiro atoms. The highest BCUT2D eigenvalue weighted by molar-refractivity contribution is 5.68. The maximum atomic E-state index is 13.6. The highest BCUT2D eigenvalue weighted by atomic mass is 19.1. The average molecular weight is 365 g/mol. The highest BCUT2D eigenvalue weighted by Crippen LogP contribution is 2.43. The molecule has 0 aliphatic carbocycles. The second-order valence-corrected chi connectivity index (χ2v) is 8.41. The van der Waals surface area contributed by atoms with E-state index in [1.807, 2.05) is 26.8 Å². The molecule has 3 rings (SSSR count). The van der Waals surface area contributed by atoms with Gasteiger partial charge in [-0.25, -0.2) is 9.18 Å². The Bertz CT molecular complexity index is 649. The van der Waals surface area contributed by atoms with Gasteiger partial charge in [0.1, 0.15) is 11.4 Å². The predicted octanol–water partition coefficient (Wildman–Crippen LogP) is 3.81. The van der Waals surface area contributed by atoms with Crippen LogP contribution in [-0.4, -0.2) is 46.5 Å². The third-order valence-electron chi connectivity index (χ3n) is 5.03. The molecule has 2 atom stereocenters. The Morgan fingerprint density at radius 2 is 2.04 bits per heavy atom. The first-order chi connectivity index (χ1) is 12.2. The Morgan fingerprint density at radius 3 is 2.65 bits per heavy atom. The van der Waals surface area contributed by atoms with Crippen molar-refractivity contribution in [3.8, 4) is 0 Å². The van der Waals surface area contributed by atoms with E-state index in [0.717, 1.165) is 5.56 Å². The van der Waals surface area contributed by atoms with Crippen LogP contribution in [0, 0.1) is 5.82 Å². The Kier molecular flexibility index (Phi) is 5.26. The van der Waals surface area contributed by atoms with Crippen LogP contribution in [0.2, 0.25) is 0 Å². The van der Waals surface area contributed by atoms with Gasteiger partial charge in [0.25, 0.3) is 0 Å². The van der Waals surface area contributed by atoms with E-state index in [1.165, 1.54) is 12.1 Å². The molecule has 1 N–H and O–H groups in total. The van der Waals surface area contributed by atoms with Crippen LogP contribution in [0.4, 0.5) is 9.18 Å². The van der Waals surface area contributed by atoms with Crippen LogP contribution in [0.15, 0.2) is 24.3 Å². The average Bonchev–Trinajstić information content (AvgIpc) is 2.53. The number of nitrogens with zero attached hydrogens (tertiary/aromatic N) is 1. The third kappa shape index (κ3) is 4.54. The first-order valence-corrected chi connectivity index (χ1v) is 9.25. The summed E-state index contributed by atoms with van der Waals surface area (Å²) in [5, 5.41) is 10.4. The van der Waals surface area contributed by atoms with Crippen molar-refractivity contribution in [2.45, 2.75) is 69.9 Å². The van der Waals surface area contributed by atoms with Gasteiger partial charge in [-0.05, 0) is 51.3 Å². The summed E-state index contributed by atoms with van der Waals surface area (Å²) in [6, 6.07) is 6.35. The van der Waals surface area contributed by atoms with Crippen LogP contribution < -0.4 is 0 Å². The number of likely N-dealkylation sites (tertiary alicyclic amines) is 1. The van der Waals surface area contributed by atoms with Crippen LogP contribution in [0.5, 0.6) is 0 Å². The van der Waals surface area contributed by atoms with Gasteiger partial charge in [0.2, 0.25) is 0 Å². The number of ether oxygens (including phenoxy) is 2. The van der Waals surface area contributed by atoms with Crippen LogP contribution >= 0.6 is 0 Å². The number of piperidine rings is 1. The zero-order valence-electron chi connectivity index (χ0n) is 15.7. The molecule has 6 heteroatoms. The standard InChI is InChI=1S/C20H28FNO4/c1-19(2,3)26-18(24)22-9-7-20(8-10-22)13-16(23)12-17(25-20)14-5-4-6-15(21)11-14/h4-6,11,16-17,23H,7-10,12-13H2,1-3H3/t16-,17-/m1/s1. The predicted molar refractivity (Wildman–Crippen MR) is 95.2 cm³/mol. The summed E-state index contributed by atoms with van der Waals surface area (Å²) in [4.78, 5) is 13.9. The molecule has 0 aromatic heterocycles. The van der Waals surface area contributed by atoms with Gasteiger partial charge in [0.15, 0.2) is 0 Å². The number of hydrogen-bond acceptors (Lipinski definition) is 4. The lowest BCUT2D eigenvalue weighted by molar-refractivity contribution is -0.183. The molecule has 2 aliphatic rings. The molecule has 2 heterocycles. The molecule has 5 nitrogen and oxygen atoms in total. The summed E-state index contributed by atoms with van der Waals surface area (Å²) in [5.74, 6) is -0.306. The minimum atomic E-state index is -0.522. The second-order valence-electron chi connectivity index (χ2n) is 8.41. The van der Waals surface area contributed by atoms with E-state index in [1.54, 1.807) is 11.0 Å². The van der Waals surface area contributed by atoms with Crippen molar-refractivity contribution in [3.05, 3.63) is 35.6 Å². The van der Waals surface area contributed by atoms with Gasteiger partial charge < -0.3 is 19.5 Å². The number of benzene rings is 1.